The molecular weight excluding hydrogens is 397 g/mol. The van der Waals surface area contributed by atoms with Crippen molar-refractivity contribution < 1.29 is 19.0 Å². The van der Waals surface area contributed by atoms with E-state index in [1.165, 1.54) is 12.1 Å². The third-order valence-electron chi connectivity index (χ3n) is 6.10. The van der Waals surface area contributed by atoms with Crippen molar-refractivity contribution in [3.8, 4) is 0 Å². The zero-order chi connectivity index (χ0) is 21.6. The number of hydrogen-bond donors (Lipinski definition) is 2. The molecule has 0 saturated carbocycles. The van der Waals surface area contributed by atoms with Crippen LogP contribution >= 0.6 is 0 Å². The van der Waals surface area contributed by atoms with E-state index in [9.17, 15) is 14.3 Å². The molecule has 0 radical (unpaired) electrons. The lowest BCUT2D eigenvalue weighted by molar-refractivity contribution is -0.153. The maximum absolute atomic E-state index is 13.1. The largest absolute Gasteiger partial charge is 0.390 e. The number of carbonyl (C=O) groups excluding carboxylic acids is 1. The van der Waals surface area contributed by atoms with Crippen molar-refractivity contribution in [1.82, 2.24) is 4.90 Å². The zero-order valence-corrected chi connectivity index (χ0v) is 17.6. The van der Waals surface area contributed by atoms with Crippen LogP contribution in [-0.4, -0.2) is 66.9 Å². The summed E-state index contributed by atoms with van der Waals surface area (Å²) in [4.78, 5) is 17.3. The summed E-state index contributed by atoms with van der Waals surface area (Å²) in [6, 6.07) is 15.9. The van der Waals surface area contributed by atoms with Gasteiger partial charge in [0.15, 0.2) is 6.10 Å². The van der Waals surface area contributed by atoms with Crippen LogP contribution in [0.2, 0.25) is 0 Å². The van der Waals surface area contributed by atoms with Gasteiger partial charge < -0.3 is 20.1 Å². The Labute approximate surface area is 182 Å². The van der Waals surface area contributed by atoms with Gasteiger partial charge in [0.2, 0.25) is 0 Å². The second-order valence-corrected chi connectivity index (χ2v) is 8.27. The molecule has 3 atom stereocenters. The highest BCUT2D eigenvalue weighted by atomic mass is 19.1. The number of aliphatic hydroxyl groups is 1. The Morgan fingerprint density at radius 2 is 1.74 bits per heavy atom. The number of anilines is 2. The van der Waals surface area contributed by atoms with E-state index in [4.69, 9.17) is 4.74 Å². The molecule has 0 aromatic heterocycles. The summed E-state index contributed by atoms with van der Waals surface area (Å²) in [7, 11) is 0. The van der Waals surface area contributed by atoms with E-state index in [0.717, 1.165) is 51.3 Å². The number of nitrogens with zero attached hydrogens (tertiary/aromatic N) is 2. The molecule has 2 aliphatic rings. The number of hydrogen-bond acceptors (Lipinski definition) is 5. The number of para-hydroxylation sites is 1. The molecule has 2 aliphatic heterocycles. The standard InChI is InChI=1S/C24H30FN3O3/c25-18-6-8-20(9-7-18)28-16-14-27(15-17-28)13-12-21-10-11-22(29)23(31-21)24(30)26-19-4-2-1-3-5-19/h1-9,21-23,29H,10-17H2,(H,26,30)/t21-,22-,23+/m0/s1. The molecule has 2 aromatic rings. The van der Waals surface area contributed by atoms with Gasteiger partial charge in [-0.25, -0.2) is 4.39 Å². The molecule has 2 aromatic carbocycles. The highest BCUT2D eigenvalue weighted by molar-refractivity contribution is 5.94. The fourth-order valence-electron chi connectivity index (χ4n) is 4.27. The molecule has 2 saturated heterocycles. The Balaban J connectivity index is 1.22. The van der Waals surface area contributed by atoms with Crippen LogP contribution in [0.15, 0.2) is 54.6 Å². The first-order valence-corrected chi connectivity index (χ1v) is 11.0. The summed E-state index contributed by atoms with van der Waals surface area (Å²) < 4.78 is 19.1. The lowest BCUT2D eigenvalue weighted by Crippen LogP contribution is -2.49. The number of halogens is 1. The molecule has 2 N–H and O–H groups in total. The molecule has 0 aliphatic carbocycles. The number of piperazine rings is 1. The van der Waals surface area contributed by atoms with Crippen molar-refractivity contribution in [3.63, 3.8) is 0 Å². The SMILES string of the molecule is O=C(Nc1ccccc1)[C@@H]1O[C@H](CCN2CCN(c3ccc(F)cc3)CC2)CC[C@@H]1O. The summed E-state index contributed by atoms with van der Waals surface area (Å²) >= 11 is 0. The van der Waals surface area contributed by atoms with Crippen LogP contribution in [-0.2, 0) is 9.53 Å². The zero-order valence-electron chi connectivity index (χ0n) is 17.6. The van der Waals surface area contributed by atoms with Crippen LogP contribution in [0.1, 0.15) is 19.3 Å². The summed E-state index contributed by atoms with van der Waals surface area (Å²) in [5, 5.41) is 13.1. The number of amides is 1. The van der Waals surface area contributed by atoms with Gasteiger partial charge in [-0.3, -0.25) is 9.69 Å². The molecular formula is C24H30FN3O3. The predicted octanol–water partition coefficient (Wildman–Crippen LogP) is 2.89. The topological polar surface area (TPSA) is 65.0 Å². The lowest BCUT2D eigenvalue weighted by atomic mass is 9.98. The highest BCUT2D eigenvalue weighted by Gasteiger charge is 2.35. The molecule has 0 unspecified atom stereocenters. The molecule has 0 spiro atoms. The van der Waals surface area contributed by atoms with E-state index in [2.05, 4.69) is 15.1 Å². The molecule has 7 heteroatoms. The van der Waals surface area contributed by atoms with Crippen LogP contribution in [0.5, 0.6) is 0 Å². The van der Waals surface area contributed by atoms with Crippen molar-refractivity contribution in [2.45, 2.75) is 37.6 Å². The van der Waals surface area contributed by atoms with Gasteiger partial charge in [-0.2, -0.15) is 0 Å². The van der Waals surface area contributed by atoms with E-state index < -0.39 is 12.2 Å². The van der Waals surface area contributed by atoms with Gasteiger partial charge in [0, 0.05) is 44.1 Å². The molecule has 2 heterocycles. The number of nitrogens with one attached hydrogen (secondary N) is 1. The summed E-state index contributed by atoms with van der Waals surface area (Å²) in [6.07, 6.45) is 0.499. The highest BCUT2D eigenvalue weighted by Crippen LogP contribution is 2.24. The number of benzene rings is 2. The van der Waals surface area contributed by atoms with Crippen LogP contribution in [0.3, 0.4) is 0 Å². The second-order valence-electron chi connectivity index (χ2n) is 8.27. The van der Waals surface area contributed by atoms with Crippen molar-refractivity contribution in [2.24, 2.45) is 0 Å². The third kappa shape index (κ3) is 5.81. The average Bonchev–Trinajstić information content (AvgIpc) is 2.80. The summed E-state index contributed by atoms with van der Waals surface area (Å²) in [6.45, 7) is 4.57. The minimum Gasteiger partial charge on any atom is -0.390 e. The first-order chi connectivity index (χ1) is 15.1. The van der Waals surface area contributed by atoms with E-state index in [1.807, 2.05) is 42.5 Å². The van der Waals surface area contributed by atoms with Crippen LogP contribution in [0, 0.1) is 5.82 Å². The lowest BCUT2D eigenvalue weighted by Gasteiger charge is -2.38. The number of carbonyl (C=O) groups is 1. The van der Waals surface area contributed by atoms with Gasteiger partial charge in [-0.15, -0.1) is 0 Å². The Hall–Kier alpha value is -2.48. The molecule has 6 nitrogen and oxygen atoms in total. The van der Waals surface area contributed by atoms with Crippen LogP contribution < -0.4 is 10.2 Å². The minimum absolute atomic E-state index is 0.0370. The summed E-state index contributed by atoms with van der Waals surface area (Å²) in [5.41, 5.74) is 1.75. The maximum atomic E-state index is 13.1. The molecule has 0 bridgehead atoms. The summed E-state index contributed by atoms with van der Waals surface area (Å²) in [5.74, 6) is -0.507. The molecule has 4 rings (SSSR count). The van der Waals surface area contributed by atoms with Crippen LogP contribution in [0.25, 0.3) is 0 Å². The van der Waals surface area contributed by atoms with Gasteiger partial charge >= 0.3 is 0 Å². The third-order valence-corrected chi connectivity index (χ3v) is 6.10. The van der Waals surface area contributed by atoms with Gasteiger partial charge in [0.1, 0.15) is 5.82 Å². The first kappa shape index (κ1) is 21.7. The fraction of sp³-hybridized carbons (Fsp3) is 0.458. The Morgan fingerprint density at radius 3 is 2.45 bits per heavy atom. The molecule has 1 amide bonds. The molecule has 166 valence electrons. The normalized spacial score (nSPS) is 24.7. The van der Waals surface area contributed by atoms with E-state index in [0.29, 0.717) is 12.1 Å². The van der Waals surface area contributed by atoms with E-state index >= 15 is 0 Å². The number of rotatable bonds is 6. The second kappa shape index (κ2) is 10.2. The first-order valence-electron chi connectivity index (χ1n) is 11.0. The predicted molar refractivity (Wildman–Crippen MR) is 119 cm³/mol. The Kier molecular flexibility index (Phi) is 7.17. The Morgan fingerprint density at radius 1 is 1.03 bits per heavy atom. The van der Waals surface area contributed by atoms with Gasteiger partial charge in [-0.1, -0.05) is 18.2 Å². The smallest absolute Gasteiger partial charge is 0.256 e. The fourth-order valence-corrected chi connectivity index (χ4v) is 4.27. The van der Waals surface area contributed by atoms with Gasteiger partial charge in [0.25, 0.3) is 5.91 Å². The van der Waals surface area contributed by atoms with Gasteiger partial charge in [-0.05, 0) is 55.7 Å². The Bertz CT molecular complexity index is 841. The number of aliphatic hydroxyl groups excluding tert-OH is 1. The monoisotopic (exact) mass is 427 g/mol. The number of ether oxygens (including phenoxy) is 1. The molecule has 2 fully saturated rings. The van der Waals surface area contributed by atoms with Gasteiger partial charge in [0.05, 0.1) is 12.2 Å². The average molecular weight is 428 g/mol. The van der Waals surface area contributed by atoms with E-state index in [1.54, 1.807) is 0 Å². The van der Waals surface area contributed by atoms with Crippen molar-refractivity contribution in [3.05, 3.63) is 60.4 Å². The van der Waals surface area contributed by atoms with Crippen molar-refractivity contribution >= 4 is 17.3 Å². The van der Waals surface area contributed by atoms with Crippen molar-refractivity contribution in [1.29, 1.82) is 0 Å². The quantitative estimate of drug-likeness (QED) is 0.742. The van der Waals surface area contributed by atoms with Crippen LogP contribution in [0.4, 0.5) is 15.8 Å². The minimum atomic E-state index is -0.839. The van der Waals surface area contributed by atoms with Crippen molar-refractivity contribution in [2.75, 3.05) is 42.9 Å². The van der Waals surface area contributed by atoms with E-state index in [-0.39, 0.29) is 17.8 Å². The maximum Gasteiger partial charge on any atom is 0.256 e. The molecule has 31 heavy (non-hydrogen) atoms.